The third-order valence-corrected chi connectivity index (χ3v) is 5.68. The van der Waals surface area contributed by atoms with Gasteiger partial charge in [0.2, 0.25) is 0 Å². The van der Waals surface area contributed by atoms with Crippen LogP contribution in [-0.2, 0) is 12.8 Å². The Bertz CT molecular complexity index is 1660. The number of aromatic hydroxyl groups is 1. The Morgan fingerprint density at radius 1 is 0.717 bits per heavy atom. The molecule has 0 aliphatic rings. The van der Waals surface area contributed by atoms with Crippen molar-refractivity contribution in [2.24, 2.45) is 0 Å². The van der Waals surface area contributed by atoms with E-state index in [-0.39, 0.29) is 16.7 Å². The van der Waals surface area contributed by atoms with Crippen molar-refractivity contribution in [3.8, 4) is 23.6 Å². The maximum atomic E-state index is 13.4. The third-order valence-electron chi connectivity index (χ3n) is 5.68. The summed E-state index contributed by atoms with van der Waals surface area (Å²) in [6.45, 7) is 4.02. The monoisotopic (exact) mass is 676 g/mol. The largest absolute Gasteiger partial charge is 0.508 e. The van der Waals surface area contributed by atoms with E-state index in [4.69, 9.17) is 48.7 Å². The molecule has 0 saturated carbocycles. The molecular formula is C33H26Cl2F4N2O5. The summed E-state index contributed by atoms with van der Waals surface area (Å²) in [4.78, 5) is 22.3. The number of carbonyl (C=O) groups is 2. The van der Waals surface area contributed by atoms with Crippen LogP contribution in [0.3, 0.4) is 0 Å². The molecule has 0 fully saturated rings. The molecule has 240 valence electrons. The molecule has 2 N–H and O–H groups in total. The summed E-state index contributed by atoms with van der Waals surface area (Å²) in [7, 11) is 0. The van der Waals surface area contributed by atoms with E-state index >= 15 is 0 Å². The van der Waals surface area contributed by atoms with Crippen LogP contribution in [-0.4, -0.2) is 27.5 Å². The molecule has 0 bridgehead atoms. The Kier molecular flexibility index (Phi) is 17.0. The zero-order valence-electron chi connectivity index (χ0n) is 24.3. The van der Waals surface area contributed by atoms with Crippen LogP contribution in [0.2, 0.25) is 0 Å². The van der Waals surface area contributed by atoms with Gasteiger partial charge in [0.1, 0.15) is 58.0 Å². The highest BCUT2D eigenvalue weighted by atomic mass is 35.5. The number of esters is 1. The smallest absolute Gasteiger partial charge is 0.343 e. The normalized spacial score (nSPS) is 9.43. The topological polar surface area (TPSA) is 131 Å². The number of carboxylic acid groups (broad SMARTS) is 1. The summed E-state index contributed by atoms with van der Waals surface area (Å²) in [5.41, 5.74) is 1.46. The number of hydrogen-bond donors (Lipinski definition) is 2. The molecule has 0 aliphatic carbocycles. The first-order valence-corrected chi connectivity index (χ1v) is 14.1. The molecule has 0 heterocycles. The first-order valence-electron chi connectivity index (χ1n) is 13.1. The number of halogens is 6. The van der Waals surface area contributed by atoms with Gasteiger partial charge < -0.3 is 14.9 Å². The van der Waals surface area contributed by atoms with Crippen molar-refractivity contribution in [3.63, 3.8) is 0 Å². The molecule has 0 unspecified atom stereocenters. The van der Waals surface area contributed by atoms with Gasteiger partial charge >= 0.3 is 11.9 Å². The first kappa shape index (κ1) is 38.9. The number of benzene rings is 4. The highest BCUT2D eigenvalue weighted by Crippen LogP contribution is 2.21. The second-order valence-corrected chi connectivity index (χ2v) is 9.47. The average Bonchev–Trinajstić information content (AvgIpc) is 3.02. The minimum Gasteiger partial charge on any atom is -0.508 e. The van der Waals surface area contributed by atoms with Crippen LogP contribution in [0.1, 0.15) is 56.8 Å². The molecule has 0 aliphatic heterocycles. The molecule has 0 amide bonds. The van der Waals surface area contributed by atoms with Crippen molar-refractivity contribution in [1.82, 2.24) is 0 Å². The second kappa shape index (κ2) is 20.0. The van der Waals surface area contributed by atoms with Crippen molar-refractivity contribution < 1.29 is 42.1 Å². The van der Waals surface area contributed by atoms with Crippen LogP contribution in [0, 0.1) is 45.9 Å². The van der Waals surface area contributed by atoms with E-state index in [9.17, 15) is 27.2 Å². The number of carbonyl (C=O) groups excluding carboxylic acids is 1. The van der Waals surface area contributed by atoms with Crippen molar-refractivity contribution in [2.45, 2.75) is 26.7 Å². The van der Waals surface area contributed by atoms with Crippen LogP contribution in [0.25, 0.3) is 0 Å². The predicted molar refractivity (Wildman–Crippen MR) is 164 cm³/mol. The quantitative estimate of drug-likeness (QED) is 0.0937. The van der Waals surface area contributed by atoms with Gasteiger partial charge in [0.25, 0.3) is 0 Å². The standard InChI is InChI=1S/C16H11F2NO2.C9H10O2.C7H3F2NO.CH2Cl2/c1-2-10-3-5-11(6-4-10)16(20)21-12-7-14(17)13(9-19)15(18)8-12;1-2-7-3-5-8(6-4-7)9(10)11;8-6-1-4(11)2-7(9)5(6)3-10;2-1-3/h3-8H,2H2,1H3;3-6H,2H2,1H3,(H,10,11);1-2,11H;1H2. The van der Waals surface area contributed by atoms with Crippen molar-refractivity contribution in [3.05, 3.63) is 129 Å². The Morgan fingerprint density at radius 3 is 1.39 bits per heavy atom. The van der Waals surface area contributed by atoms with E-state index < -0.39 is 52.1 Å². The lowest BCUT2D eigenvalue weighted by atomic mass is 10.1. The molecule has 4 rings (SSSR count). The molecule has 7 nitrogen and oxygen atoms in total. The van der Waals surface area contributed by atoms with Crippen LogP contribution in [0.5, 0.6) is 11.5 Å². The molecule has 0 atom stereocenters. The van der Waals surface area contributed by atoms with Crippen molar-refractivity contribution in [1.29, 1.82) is 10.5 Å². The van der Waals surface area contributed by atoms with Gasteiger partial charge in [-0.1, -0.05) is 38.1 Å². The molecular weight excluding hydrogens is 651 g/mol. The zero-order chi connectivity index (χ0) is 34.8. The molecule has 0 aromatic heterocycles. The summed E-state index contributed by atoms with van der Waals surface area (Å²) in [6.07, 6.45) is 1.78. The van der Waals surface area contributed by atoms with Crippen LogP contribution < -0.4 is 4.74 Å². The van der Waals surface area contributed by atoms with Gasteiger partial charge in [-0.15, -0.1) is 23.2 Å². The number of hydrogen-bond acceptors (Lipinski definition) is 6. The van der Waals surface area contributed by atoms with Gasteiger partial charge in [0.05, 0.1) is 16.5 Å². The Hall–Kier alpha value is -5.10. The number of aryl methyl sites for hydroxylation is 2. The molecule has 46 heavy (non-hydrogen) atoms. The third kappa shape index (κ3) is 12.5. The number of phenols is 1. The lowest BCUT2D eigenvalue weighted by molar-refractivity contribution is 0.0694. The number of carboxylic acids is 1. The number of aromatic carboxylic acids is 1. The fourth-order valence-corrected chi connectivity index (χ4v) is 3.31. The van der Waals surface area contributed by atoms with E-state index in [0.29, 0.717) is 17.7 Å². The molecule has 0 spiro atoms. The highest BCUT2D eigenvalue weighted by molar-refractivity contribution is 6.40. The lowest BCUT2D eigenvalue weighted by Gasteiger charge is -2.06. The number of nitrogens with zero attached hydrogens (tertiary/aromatic N) is 2. The Labute approximate surface area is 272 Å². The lowest BCUT2D eigenvalue weighted by Crippen LogP contribution is -2.09. The second-order valence-electron chi connectivity index (χ2n) is 8.67. The van der Waals surface area contributed by atoms with Crippen LogP contribution in [0.15, 0.2) is 72.8 Å². The maximum Gasteiger partial charge on any atom is 0.343 e. The van der Waals surface area contributed by atoms with Gasteiger partial charge in [-0.3, -0.25) is 0 Å². The molecule has 13 heteroatoms. The maximum absolute atomic E-state index is 13.4. The SMILES string of the molecule is CCc1ccc(C(=O)O)cc1.CCc1ccc(C(=O)Oc2cc(F)c(C#N)c(F)c2)cc1.ClCCl.N#Cc1c(F)cc(O)cc1F. The number of alkyl halides is 2. The van der Waals surface area contributed by atoms with Gasteiger partial charge in [0, 0.05) is 24.3 Å². The molecule has 0 saturated heterocycles. The number of ether oxygens (including phenoxy) is 1. The minimum atomic E-state index is -1.07. The van der Waals surface area contributed by atoms with Crippen molar-refractivity contribution in [2.75, 3.05) is 5.34 Å². The van der Waals surface area contributed by atoms with E-state index in [1.807, 2.05) is 26.0 Å². The number of rotatable bonds is 5. The Balaban J connectivity index is 0.000000358. The fourth-order valence-electron chi connectivity index (χ4n) is 3.31. The summed E-state index contributed by atoms with van der Waals surface area (Å²) < 4.78 is 56.7. The summed E-state index contributed by atoms with van der Waals surface area (Å²) in [6, 6.07) is 19.3. The molecule has 4 aromatic carbocycles. The van der Waals surface area contributed by atoms with Crippen molar-refractivity contribution >= 4 is 35.1 Å². The van der Waals surface area contributed by atoms with Gasteiger partial charge in [-0.05, 0) is 48.2 Å². The zero-order valence-corrected chi connectivity index (χ0v) is 25.8. The average molecular weight is 677 g/mol. The van der Waals surface area contributed by atoms with Crippen LogP contribution >= 0.6 is 23.2 Å². The summed E-state index contributed by atoms with van der Waals surface area (Å²) in [5, 5.41) is 34.1. The first-order chi connectivity index (χ1) is 21.8. The molecule has 0 radical (unpaired) electrons. The van der Waals surface area contributed by atoms with Gasteiger partial charge in [0.15, 0.2) is 0 Å². The van der Waals surface area contributed by atoms with E-state index in [0.717, 1.165) is 36.1 Å². The molecule has 4 aromatic rings. The summed E-state index contributed by atoms with van der Waals surface area (Å²) >= 11 is 9.53. The van der Waals surface area contributed by atoms with E-state index in [1.54, 1.807) is 36.4 Å². The van der Waals surface area contributed by atoms with Gasteiger partial charge in [-0.2, -0.15) is 10.5 Å². The summed E-state index contributed by atoms with van der Waals surface area (Å²) in [5.74, 6) is -6.64. The predicted octanol–water partition coefficient (Wildman–Crippen LogP) is 8.53. The Morgan fingerprint density at radius 2 is 1.07 bits per heavy atom. The van der Waals surface area contributed by atoms with Crippen LogP contribution in [0.4, 0.5) is 17.6 Å². The number of nitriles is 2. The van der Waals surface area contributed by atoms with Gasteiger partial charge in [-0.25, -0.2) is 27.2 Å². The van der Waals surface area contributed by atoms with E-state index in [2.05, 4.69) is 0 Å². The highest BCUT2D eigenvalue weighted by Gasteiger charge is 2.15. The minimum absolute atomic E-state index is 0.194. The van der Waals surface area contributed by atoms with E-state index in [1.165, 1.54) is 12.1 Å². The number of phenolic OH excluding ortho intramolecular Hbond substituents is 1. The fraction of sp³-hybridized carbons (Fsp3) is 0.152.